The molecule has 0 aliphatic heterocycles. The predicted octanol–water partition coefficient (Wildman–Crippen LogP) is 0.404. The number of ketones is 1. The summed E-state index contributed by atoms with van der Waals surface area (Å²) in [5.74, 6) is -0.152. The van der Waals surface area contributed by atoms with Crippen LogP contribution in [0.5, 0.6) is 0 Å². The van der Waals surface area contributed by atoms with Crippen molar-refractivity contribution in [1.29, 1.82) is 0 Å². The second-order valence-corrected chi connectivity index (χ2v) is 4.38. The number of nitrogens with zero attached hydrogens (tertiary/aromatic N) is 1. The molecule has 0 saturated heterocycles. The molecule has 0 atom stereocenters. The molecular formula is C8H9NO4S. The lowest BCUT2D eigenvalue weighted by Crippen LogP contribution is -2.07. The van der Waals surface area contributed by atoms with Gasteiger partial charge in [-0.1, -0.05) is 5.16 Å². The van der Waals surface area contributed by atoms with Gasteiger partial charge in [0.15, 0.2) is 5.78 Å². The van der Waals surface area contributed by atoms with Crippen LogP contribution in [0, 0.1) is 0 Å². The fourth-order valence-corrected chi connectivity index (χ4v) is 1.05. The van der Waals surface area contributed by atoms with E-state index < -0.39 is 10.1 Å². The van der Waals surface area contributed by atoms with Gasteiger partial charge in [0.25, 0.3) is 0 Å². The molecule has 0 fully saturated rings. The average Bonchev–Trinajstić information content (AvgIpc) is 2.00. The maximum Gasteiger partial charge on any atom is 0.325 e. The highest BCUT2D eigenvalue weighted by molar-refractivity contribution is 7.85. The Morgan fingerprint density at radius 2 is 2.00 bits per heavy atom. The monoisotopic (exact) mass is 215 g/mol. The molecule has 0 spiro atoms. The molecule has 14 heavy (non-hydrogen) atoms. The van der Waals surface area contributed by atoms with E-state index in [0.717, 1.165) is 6.26 Å². The number of rotatable bonds is 2. The summed E-state index contributed by atoms with van der Waals surface area (Å²) in [6.45, 7) is 1.64. The van der Waals surface area contributed by atoms with Crippen molar-refractivity contribution in [2.75, 3.05) is 6.26 Å². The maximum atomic E-state index is 10.8. The lowest BCUT2D eigenvalue weighted by atomic mass is 10.1. The Morgan fingerprint density at radius 3 is 2.50 bits per heavy atom. The van der Waals surface area contributed by atoms with E-state index in [2.05, 4.69) is 9.44 Å². The van der Waals surface area contributed by atoms with E-state index >= 15 is 0 Å². The van der Waals surface area contributed by atoms with Gasteiger partial charge in [-0.25, -0.2) is 0 Å². The van der Waals surface area contributed by atoms with Crippen molar-refractivity contribution in [2.45, 2.75) is 6.92 Å². The molecule has 1 rings (SSSR count). The molecule has 0 aromatic carbocycles. The number of oxime groups is 1. The van der Waals surface area contributed by atoms with E-state index in [1.54, 1.807) is 6.92 Å². The zero-order valence-electron chi connectivity index (χ0n) is 7.72. The molecule has 5 nitrogen and oxygen atoms in total. The Balaban J connectivity index is 2.86. The minimum absolute atomic E-state index is 0.152. The molecule has 0 bridgehead atoms. The van der Waals surface area contributed by atoms with Gasteiger partial charge in [-0.2, -0.15) is 8.42 Å². The minimum Gasteiger partial charge on any atom is -0.290 e. The highest BCUT2D eigenvalue weighted by Gasteiger charge is 2.09. The number of carbonyl (C=O) groups excluding carboxylic acids is 1. The van der Waals surface area contributed by atoms with Crippen molar-refractivity contribution in [1.82, 2.24) is 0 Å². The van der Waals surface area contributed by atoms with Crippen molar-refractivity contribution >= 4 is 21.6 Å². The third-order valence-electron chi connectivity index (χ3n) is 1.44. The van der Waals surface area contributed by atoms with Gasteiger partial charge in [-0.05, 0) is 30.7 Å². The summed E-state index contributed by atoms with van der Waals surface area (Å²) in [7, 11) is -3.59. The Labute approximate surface area is 81.9 Å². The van der Waals surface area contributed by atoms with E-state index in [1.807, 2.05) is 0 Å². The molecule has 0 amide bonds. The first-order chi connectivity index (χ1) is 6.38. The molecule has 1 aliphatic rings. The zero-order valence-corrected chi connectivity index (χ0v) is 8.54. The zero-order chi connectivity index (χ0) is 10.8. The highest BCUT2D eigenvalue weighted by atomic mass is 32.2. The van der Waals surface area contributed by atoms with E-state index in [4.69, 9.17) is 0 Å². The number of hydrogen-bond acceptors (Lipinski definition) is 5. The Morgan fingerprint density at radius 1 is 1.36 bits per heavy atom. The summed E-state index contributed by atoms with van der Waals surface area (Å²) in [5, 5.41) is 3.39. The quantitative estimate of drug-likeness (QED) is 0.494. The van der Waals surface area contributed by atoms with Crippen LogP contribution in [0.15, 0.2) is 29.0 Å². The highest BCUT2D eigenvalue weighted by Crippen LogP contribution is 2.06. The molecule has 0 unspecified atom stereocenters. The summed E-state index contributed by atoms with van der Waals surface area (Å²) >= 11 is 0. The fraction of sp³-hybridized carbons (Fsp3) is 0.250. The van der Waals surface area contributed by atoms with Gasteiger partial charge < -0.3 is 0 Å². The van der Waals surface area contributed by atoms with Gasteiger partial charge in [0.2, 0.25) is 0 Å². The Bertz CT molecular complexity index is 442. The molecule has 0 N–H and O–H groups in total. The summed E-state index contributed by atoms with van der Waals surface area (Å²) in [4.78, 5) is 10.8. The largest absolute Gasteiger partial charge is 0.325 e. The van der Waals surface area contributed by atoms with Gasteiger partial charge in [-0.3, -0.25) is 9.08 Å². The molecule has 0 aromatic rings. The lowest BCUT2D eigenvalue weighted by Gasteiger charge is -2.04. The van der Waals surface area contributed by atoms with Gasteiger partial charge in [0.1, 0.15) is 5.71 Å². The van der Waals surface area contributed by atoms with E-state index in [9.17, 15) is 13.2 Å². The van der Waals surface area contributed by atoms with Crippen molar-refractivity contribution in [2.24, 2.45) is 5.16 Å². The van der Waals surface area contributed by atoms with Crippen molar-refractivity contribution in [3.05, 3.63) is 23.8 Å². The first kappa shape index (κ1) is 10.6. The van der Waals surface area contributed by atoms with Gasteiger partial charge >= 0.3 is 10.1 Å². The number of carbonyl (C=O) groups is 1. The van der Waals surface area contributed by atoms with Crippen LogP contribution in [0.3, 0.4) is 0 Å². The van der Waals surface area contributed by atoms with Crippen LogP contribution in [-0.4, -0.2) is 26.2 Å². The van der Waals surface area contributed by atoms with Crippen LogP contribution in [0.2, 0.25) is 0 Å². The smallest absolute Gasteiger partial charge is 0.290 e. The van der Waals surface area contributed by atoms with Crippen LogP contribution < -0.4 is 0 Å². The van der Waals surface area contributed by atoms with Crippen molar-refractivity contribution < 1.29 is 17.5 Å². The van der Waals surface area contributed by atoms with E-state index in [-0.39, 0.29) is 5.78 Å². The number of hydrogen-bond donors (Lipinski definition) is 0. The van der Waals surface area contributed by atoms with E-state index in [1.165, 1.54) is 18.2 Å². The minimum atomic E-state index is -3.59. The standard InChI is InChI=1S/C8H9NO4S/c1-6-5-7(10)3-4-8(6)9-13-14(2,11)12/h3-5H,1-2H3/b9-8+. The van der Waals surface area contributed by atoms with Crippen LogP contribution >= 0.6 is 0 Å². The van der Waals surface area contributed by atoms with Crippen LogP contribution in [0.4, 0.5) is 0 Å². The SMILES string of the molecule is CC1=CC(=O)C=C/C1=N\OS(C)(=O)=O. The maximum absolute atomic E-state index is 10.8. The average molecular weight is 215 g/mol. The predicted molar refractivity (Wildman–Crippen MR) is 51.3 cm³/mol. The Hall–Kier alpha value is -1.43. The summed E-state index contributed by atoms with van der Waals surface area (Å²) in [5.41, 5.74) is 0.899. The molecule has 1 aliphatic carbocycles. The second-order valence-electron chi connectivity index (χ2n) is 2.82. The van der Waals surface area contributed by atoms with Crippen LogP contribution in [0.1, 0.15) is 6.92 Å². The first-order valence-corrected chi connectivity index (χ1v) is 5.57. The molecule has 0 radical (unpaired) electrons. The van der Waals surface area contributed by atoms with Crippen molar-refractivity contribution in [3.63, 3.8) is 0 Å². The van der Waals surface area contributed by atoms with E-state index in [0.29, 0.717) is 11.3 Å². The molecule has 0 aromatic heterocycles. The van der Waals surface area contributed by atoms with Gasteiger partial charge in [-0.15, -0.1) is 0 Å². The third kappa shape index (κ3) is 3.14. The third-order valence-corrected chi connectivity index (χ3v) is 1.78. The molecule has 76 valence electrons. The molecule has 0 saturated carbocycles. The topological polar surface area (TPSA) is 72.8 Å². The van der Waals surface area contributed by atoms with Crippen molar-refractivity contribution in [3.8, 4) is 0 Å². The van der Waals surface area contributed by atoms with Gasteiger partial charge in [0.05, 0.1) is 6.26 Å². The Kier molecular flexibility index (Phi) is 2.85. The lowest BCUT2D eigenvalue weighted by molar-refractivity contribution is -0.110. The molecular weight excluding hydrogens is 206 g/mol. The van der Waals surface area contributed by atoms with Crippen LogP contribution in [-0.2, 0) is 19.2 Å². The van der Waals surface area contributed by atoms with Crippen LogP contribution in [0.25, 0.3) is 0 Å². The normalized spacial score (nSPS) is 19.7. The number of allylic oxidation sites excluding steroid dienone is 4. The fourth-order valence-electron chi connectivity index (χ4n) is 0.838. The molecule has 6 heteroatoms. The first-order valence-electron chi connectivity index (χ1n) is 3.76. The summed E-state index contributed by atoms with van der Waals surface area (Å²) in [6.07, 6.45) is 4.94. The van der Waals surface area contributed by atoms with Gasteiger partial charge in [0, 0.05) is 0 Å². The second kappa shape index (κ2) is 3.75. The summed E-state index contributed by atoms with van der Waals surface area (Å²) in [6, 6.07) is 0. The molecule has 0 heterocycles. The summed E-state index contributed by atoms with van der Waals surface area (Å²) < 4.78 is 25.4.